The molecule has 0 aromatic heterocycles. The highest BCUT2D eigenvalue weighted by molar-refractivity contribution is 7.99. The van der Waals surface area contributed by atoms with Crippen molar-refractivity contribution in [2.75, 3.05) is 44.6 Å². The number of methoxy groups -OCH3 is 1. The summed E-state index contributed by atoms with van der Waals surface area (Å²) >= 11 is 1.57. The van der Waals surface area contributed by atoms with Gasteiger partial charge < -0.3 is 15.0 Å². The molecule has 1 rings (SSSR count). The third-order valence-electron chi connectivity index (χ3n) is 2.37. The summed E-state index contributed by atoms with van der Waals surface area (Å²) in [5.41, 5.74) is 2.05. The molecule has 0 bridgehead atoms. The summed E-state index contributed by atoms with van der Waals surface area (Å²) in [7, 11) is 5.71. The predicted octanol–water partition coefficient (Wildman–Crippen LogP) is 2.07. The monoisotopic (exact) mass is 282 g/mol. The average molecular weight is 282 g/mol. The molecule has 0 saturated heterocycles. The third-order valence-corrected chi connectivity index (χ3v) is 3.30. The molecule has 19 heavy (non-hydrogen) atoms. The van der Waals surface area contributed by atoms with Crippen molar-refractivity contribution in [3.63, 3.8) is 0 Å². The number of hydrogen-bond acceptors (Lipinski definition) is 4. The molecule has 106 valence electrons. The van der Waals surface area contributed by atoms with Gasteiger partial charge in [0.05, 0.1) is 12.4 Å². The van der Waals surface area contributed by atoms with Crippen LogP contribution in [-0.2, 0) is 16.1 Å². The molecule has 1 aromatic rings. The van der Waals surface area contributed by atoms with E-state index in [2.05, 4.69) is 16.3 Å². The number of nitrogens with one attached hydrogen (secondary N) is 1. The molecule has 4 nitrogen and oxygen atoms in total. The smallest absolute Gasteiger partial charge is 0.234 e. The topological polar surface area (TPSA) is 41.6 Å². The summed E-state index contributed by atoms with van der Waals surface area (Å²) in [5, 5.41) is 2.91. The zero-order chi connectivity index (χ0) is 14.1. The number of amides is 1. The highest BCUT2D eigenvalue weighted by atomic mass is 32.2. The van der Waals surface area contributed by atoms with Crippen LogP contribution in [0.3, 0.4) is 0 Å². The first-order chi connectivity index (χ1) is 9.11. The van der Waals surface area contributed by atoms with Gasteiger partial charge in [-0.2, -0.15) is 0 Å². The van der Waals surface area contributed by atoms with Crippen LogP contribution in [0.15, 0.2) is 24.3 Å². The van der Waals surface area contributed by atoms with E-state index in [1.807, 2.05) is 32.3 Å². The second-order valence-electron chi connectivity index (χ2n) is 4.53. The van der Waals surface area contributed by atoms with E-state index in [0.29, 0.717) is 12.4 Å². The molecule has 5 heteroatoms. The molecule has 1 amide bonds. The van der Waals surface area contributed by atoms with Crippen LogP contribution in [0, 0.1) is 0 Å². The molecule has 1 N–H and O–H groups in total. The number of carbonyl (C=O) groups is 1. The van der Waals surface area contributed by atoms with Crippen molar-refractivity contribution in [2.45, 2.75) is 6.54 Å². The van der Waals surface area contributed by atoms with Gasteiger partial charge in [-0.15, -0.1) is 11.8 Å². The van der Waals surface area contributed by atoms with E-state index < -0.39 is 0 Å². The van der Waals surface area contributed by atoms with Crippen LogP contribution in [0.4, 0.5) is 5.69 Å². The van der Waals surface area contributed by atoms with Crippen LogP contribution < -0.4 is 5.32 Å². The number of hydrogen-bond donors (Lipinski definition) is 1. The molecule has 0 spiro atoms. The highest BCUT2D eigenvalue weighted by Gasteiger charge is 2.03. The van der Waals surface area contributed by atoms with Gasteiger partial charge in [-0.3, -0.25) is 4.79 Å². The van der Waals surface area contributed by atoms with Crippen molar-refractivity contribution in [1.29, 1.82) is 0 Å². The lowest BCUT2D eigenvalue weighted by Gasteiger charge is -2.11. The molecular weight excluding hydrogens is 260 g/mol. The molecule has 0 aliphatic heterocycles. The Hall–Kier alpha value is -1.04. The Balaban J connectivity index is 2.41. The van der Waals surface area contributed by atoms with Crippen LogP contribution in [0.5, 0.6) is 0 Å². The van der Waals surface area contributed by atoms with Gasteiger partial charge in [-0.25, -0.2) is 0 Å². The van der Waals surface area contributed by atoms with E-state index in [0.717, 1.165) is 18.0 Å². The largest absolute Gasteiger partial charge is 0.384 e. The van der Waals surface area contributed by atoms with Gasteiger partial charge in [0.1, 0.15) is 0 Å². The van der Waals surface area contributed by atoms with Gasteiger partial charge in [-0.1, -0.05) is 12.1 Å². The van der Waals surface area contributed by atoms with Crippen molar-refractivity contribution in [3.8, 4) is 0 Å². The van der Waals surface area contributed by atoms with Crippen LogP contribution in [-0.4, -0.2) is 50.1 Å². The van der Waals surface area contributed by atoms with Crippen molar-refractivity contribution in [3.05, 3.63) is 29.8 Å². The Morgan fingerprint density at radius 1 is 1.42 bits per heavy atom. The normalized spacial score (nSPS) is 10.7. The molecule has 0 saturated carbocycles. The maximum Gasteiger partial charge on any atom is 0.234 e. The fraction of sp³-hybridized carbons (Fsp3) is 0.500. The molecular formula is C14H22N2O2S. The van der Waals surface area contributed by atoms with Crippen molar-refractivity contribution >= 4 is 23.4 Å². The molecule has 0 heterocycles. The van der Waals surface area contributed by atoms with E-state index in [1.54, 1.807) is 18.9 Å². The van der Waals surface area contributed by atoms with Gasteiger partial charge >= 0.3 is 0 Å². The third kappa shape index (κ3) is 7.20. The van der Waals surface area contributed by atoms with E-state index in [4.69, 9.17) is 4.74 Å². The first-order valence-electron chi connectivity index (χ1n) is 6.22. The van der Waals surface area contributed by atoms with Gasteiger partial charge in [0, 0.05) is 25.1 Å². The van der Waals surface area contributed by atoms with Crippen LogP contribution in [0.25, 0.3) is 0 Å². The molecule has 0 aliphatic rings. The summed E-state index contributed by atoms with van der Waals surface area (Å²) in [6.45, 7) is 1.54. The lowest BCUT2D eigenvalue weighted by atomic mass is 10.2. The predicted molar refractivity (Wildman–Crippen MR) is 81.7 cm³/mol. The van der Waals surface area contributed by atoms with E-state index >= 15 is 0 Å². The fourth-order valence-corrected chi connectivity index (χ4v) is 2.30. The molecule has 1 aromatic carbocycles. The maximum atomic E-state index is 11.7. The average Bonchev–Trinajstić information content (AvgIpc) is 2.34. The highest BCUT2D eigenvalue weighted by Crippen LogP contribution is 2.12. The lowest BCUT2D eigenvalue weighted by Crippen LogP contribution is -2.15. The number of rotatable bonds is 8. The minimum Gasteiger partial charge on any atom is -0.384 e. The van der Waals surface area contributed by atoms with Crippen molar-refractivity contribution in [2.24, 2.45) is 0 Å². The minimum absolute atomic E-state index is 0.0307. The van der Waals surface area contributed by atoms with Crippen molar-refractivity contribution < 1.29 is 9.53 Å². The maximum absolute atomic E-state index is 11.7. The minimum atomic E-state index is 0.0307. The molecule has 0 radical (unpaired) electrons. The number of ether oxygens (including phenoxy) is 1. The number of nitrogens with zero attached hydrogens (tertiary/aromatic N) is 1. The first kappa shape index (κ1) is 16.0. The molecule has 0 unspecified atom stereocenters. The SMILES string of the molecule is COCCSCC(=O)Nc1cccc(CN(C)C)c1. The number of anilines is 1. The Labute approximate surface area is 119 Å². The summed E-state index contributed by atoms with van der Waals surface area (Å²) in [6, 6.07) is 7.95. The summed E-state index contributed by atoms with van der Waals surface area (Å²) < 4.78 is 4.94. The van der Waals surface area contributed by atoms with Crippen molar-refractivity contribution in [1.82, 2.24) is 4.90 Å². The molecule has 0 atom stereocenters. The first-order valence-corrected chi connectivity index (χ1v) is 7.37. The van der Waals surface area contributed by atoms with E-state index in [-0.39, 0.29) is 5.91 Å². The zero-order valence-electron chi connectivity index (χ0n) is 11.8. The Kier molecular flexibility index (Phi) is 7.55. The summed E-state index contributed by atoms with van der Waals surface area (Å²) in [6.07, 6.45) is 0. The van der Waals surface area contributed by atoms with Gasteiger partial charge in [-0.05, 0) is 31.8 Å². The lowest BCUT2D eigenvalue weighted by molar-refractivity contribution is -0.113. The zero-order valence-corrected chi connectivity index (χ0v) is 12.6. The molecule has 0 fully saturated rings. The number of carbonyl (C=O) groups excluding carboxylic acids is 1. The number of thioether (sulfide) groups is 1. The Bertz CT molecular complexity index is 397. The van der Waals surface area contributed by atoms with E-state index in [9.17, 15) is 4.79 Å². The molecule has 0 aliphatic carbocycles. The fourth-order valence-electron chi connectivity index (χ4n) is 1.62. The van der Waals surface area contributed by atoms with Crippen LogP contribution >= 0.6 is 11.8 Å². The summed E-state index contributed by atoms with van der Waals surface area (Å²) in [4.78, 5) is 13.8. The van der Waals surface area contributed by atoms with Gasteiger partial charge in [0.15, 0.2) is 0 Å². The second kappa shape index (κ2) is 8.96. The van der Waals surface area contributed by atoms with Crippen LogP contribution in [0.1, 0.15) is 5.56 Å². The Morgan fingerprint density at radius 2 is 2.21 bits per heavy atom. The second-order valence-corrected chi connectivity index (χ2v) is 5.64. The quantitative estimate of drug-likeness (QED) is 0.741. The summed E-state index contributed by atoms with van der Waals surface area (Å²) in [5.74, 6) is 1.33. The number of benzene rings is 1. The van der Waals surface area contributed by atoms with Crippen LogP contribution in [0.2, 0.25) is 0 Å². The van der Waals surface area contributed by atoms with Gasteiger partial charge in [0.25, 0.3) is 0 Å². The van der Waals surface area contributed by atoms with E-state index in [1.165, 1.54) is 5.56 Å². The standard InChI is InChI=1S/C14H22N2O2S/c1-16(2)10-12-5-4-6-13(9-12)15-14(17)11-19-8-7-18-3/h4-6,9H,7-8,10-11H2,1-3H3,(H,15,17). The van der Waals surface area contributed by atoms with Gasteiger partial charge in [0.2, 0.25) is 5.91 Å². The Morgan fingerprint density at radius 3 is 2.89 bits per heavy atom.